The molecule has 0 saturated carbocycles. The number of aromatic nitrogens is 2. The number of rotatable bonds is 8. The number of hydrogen-bond donors (Lipinski definition) is 2. The predicted octanol–water partition coefficient (Wildman–Crippen LogP) is 1.82. The van der Waals surface area contributed by atoms with Crippen LogP contribution in [0.3, 0.4) is 0 Å². The molecule has 0 aliphatic rings. The number of pyridine rings is 1. The number of primary amides is 2. The van der Waals surface area contributed by atoms with E-state index in [0.717, 1.165) is 11.3 Å². The molecule has 2 amide bonds. The smallest absolute Gasteiger partial charge is 0.227 e. The number of unbranched alkanes of at least 4 members (excludes halogenated alkanes) is 1. The van der Waals surface area contributed by atoms with Crippen molar-refractivity contribution in [1.29, 1.82) is 0 Å². The van der Waals surface area contributed by atoms with Gasteiger partial charge in [-0.15, -0.1) is 11.3 Å². The fraction of sp³-hybridized carbons (Fsp3) is 0.333. The first-order chi connectivity index (χ1) is 10.6. The average molecular weight is 318 g/mol. The Morgan fingerprint density at radius 1 is 1.18 bits per heavy atom. The van der Waals surface area contributed by atoms with Crippen LogP contribution in [0.15, 0.2) is 29.9 Å². The van der Waals surface area contributed by atoms with Crippen LogP contribution in [0.1, 0.15) is 36.6 Å². The Balaban J connectivity index is 2.05. The van der Waals surface area contributed by atoms with Gasteiger partial charge in [-0.2, -0.15) is 0 Å². The van der Waals surface area contributed by atoms with E-state index in [1.54, 1.807) is 12.4 Å². The first-order valence-corrected chi connectivity index (χ1v) is 7.89. The summed E-state index contributed by atoms with van der Waals surface area (Å²) in [6, 6.07) is 3.73. The molecule has 22 heavy (non-hydrogen) atoms. The molecule has 1 unspecified atom stereocenters. The number of nitrogens with two attached hydrogens (primary N) is 2. The SMILES string of the molecule is NC(=O)CCCCC(C(N)=O)c1nc(-c2ccncc2)cs1. The third kappa shape index (κ3) is 4.36. The molecule has 6 nitrogen and oxygen atoms in total. The van der Waals surface area contributed by atoms with Crippen molar-refractivity contribution in [3.05, 3.63) is 34.9 Å². The molecule has 4 N–H and O–H groups in total. The molecule has 0 spiro atoms. The normalized spacial score (nSPS) is 12.0. The summed E-state index contributed by atoms with van der Waals surface area (Å²) < 4.78 is 0. The van der Waals surface area contributed by atoms with E-state index in [1.807, 2.05) is 17.5 Å². The lowest BCUT2D eigenvalue weighted by atomic mass is 10.0. The highest BCUT2D eigenvalue weighted by Gasteiger charge is 2.21. The molecule has 0 radical (unpaired) electrons. The first kappa shape index (κ1) is 16.1. The second-order valence-corrected chi connectivity index (χ2v) is 5.86. The molecule has 0 aliphatic heterocycles. The Morgan fingerprint density at radius 3 is 2.55 bits per heavy atom. The molecule has 2 aromatic rings. The van der Waals surface area contributed by atoms with Gasteiger partial charge in [-0.3, -0.25) is 14.6 Å². The van der Waals surface area contributed by atoms with Crippen molar-refractivity contribution >= 4 is 23.2 Å². The molecule has 0 fully saturated rings. The average Bonchev–Trinajstić information content (AvgIpc) is 2.97. The van der Waals surface area contributed by atoms with E-state index in [4.69, 9.17) is 11.5 Å². The molecule has 7 heteroatoms. The van der Waals surface area contributed by atoms with E-state index < -0.39 is 11.8 Å². The summed E-state index contributed by atoms with van der Waals surface area (Å²) in [6.07, 6.45) is 5.66. The van der Waals surface area contributed by atoms with Gasteiger partial charge in [0.15, 0.2) is 0 Å². The van der Waals surface area contributed by atoms with Crippen molar-refractivity contribution in [2.75, 3.05) is 0 Å². The quantitative estimate of drug-likeness (QED) is 0.723. The van der Waals surface area contributed by atoms with Gasteiger partial charge in [0.1, 0.15) is 5.01 Å². The van der Waals surface area contributed by atoms with E-state index in [0.29, 0.717) is 30.7 Å². The van der Waals surface area contributed by atoms with Crippen LogP contribution in [-0.4, -0.2) is 21.8 Å². The summed E-state index contributed by atoms with van der Waals surface area (Å²) in [5.74, 6) is -1.15. The summed E-state index contributed by atoms with van der Waals surface area (Å²) in [5.41, 5.74) is 12.4. The van der Waals surface area contributed by atoms with Gasteiger partial charge in [0.05, 0.1) is 11.6 Å². The maximum absolute atomic E-state index is 11.7. The van der Waals surface area contributed by atoms with Gasteiger partial charge >= 0.3 is 0 Å². The topological polar surface area (TPSA) is 112 Å². The van der Waals surface area contributed by atoms with Crippen molar-refractivity contribution in [2.24, 2.45) is 11.5 Å². The van der Waals surface area contributed by atoms with Crippen molar-refractivity contribution in [2.45, 2.75) is 31.6 Å². The van der Waals surface area contributed by atoms with Crippen molar-refractivity contribution < 1.29 is 9.59 Å². The summed E-state index contributed by atoms with van der Waals surface area (Å²) in [7, 11) is 0. The van der Waals surface area contributed by atoms with Crippen LogP contribution in [0.5, 0.6) is 0 Å². The maximum Gasteiger partial charge on any atom is 0.227 e. The molecule has 0 aliphatic carbocycles. The summed E-state index contributed by atoms with van der Waals surface area (Å²) in [5, 5.41) is 2.61. The Hall–Kier alpha value is -2.28. The fourth-order valence-electron chi connectivity index (χ4n) is 2.14. The molecule has 1 atom stereocenters. The second-order valence-electron chi connectivity index (χ2n) is 4.97. The number of nitrogens with zero attached hydrogens (tertiary/aromatic N) is 2. The first-order valence-electron chi connectivity index (χ1n) is 7.01. The lowest BCUT2D eigenvalue weighted by Crippen LogP contribution is -2.21. The molecule has 2 heterocycles. The molecule has 116 valence electrons. The zero-order valence-electron chi connectivity index (χ0n) is 12.1. The molecule has 0 aromatic carbocycles. The van der Waals surface area contributed by atoms with E-state index in [9.17, 15) is 9.59 Å². The Morgan fingerprint density at radius 2 is 1.91 bits per heavy atom. The van der Waals surface area contributed by atoms with Crippen LogP contribution in [0, 0.1) is 0 Å². The van der Waals surface area contributed by atoms with Crippen LogP contribution in [0.2, 0.25) is 0 Å². The standard InChI is InChI=1S/C15H18N4O2S/c16-13(20)4-2-1-3-11(14(17)21)15-19-12(9-22-15)10-5-7-18-8-6-10/h5-9,11H,1-4H2,(H2,16,20)(H2,17,21). The van der Waals surface area contributed by atoms with Gasteiger partial charge < -0.3 is 11.5 Å². The highest BCUT2D eigenvalue weighted by atomic mass is 32.1. The minimum absolute atomic E-state index is 0.325. The van der Waals surface area contributed by atoms with Gasteiger partial charge in [0.2, 0.25) is 11.8 Å². The number of carbonyl (C=O) groups is 2. The van der Waals surface area contributed by atoms with Gasteiger partial charge in [-0.1, -0.05) is 6.42 Å². The molecule has 2 rings (SSSR count). The summed E-state index contributed by atoms with van der Waals surface area (Å²) in [6.45, 7) is 0. The Bertz CT molecular complexity index is 642. The third-order valence-corrected chi connectivity index (χ3v) is 4.26. The van der Waals surface area contributed by atoms with Crippen LogP contribution < -0.4 is 11.5 Å². The maximum atomic E-state index is 11.7. The number of carbonyl (C=O) groups excluding carboxylic acids is 2. The van der Waals surface area contributed by atoms with E-state index >= 15 is 0 Å². The highest BCUT2D eigenvalue weighted by molar-refractivity contribution is 7.10. The van der Waals surface area contributed by atoms with Crippen LogP contribution in [-0.2, 0) is 9.59 Å². The monoisotopic (exact) mass is 318 g/mol. The molecule has 2 aromatic heterocycles. The lowest BCUT2D eigenvalue weighted by Gasteiger charge is -2.09. The largest absolute Gasteiger partial charge is 0.370 e. The van der Waals surface area contributed by atoms with Crippen molar-refractivity contribution in [3.8, 4) is 11.3 Å². The second kappa shape index (κ2) is 7.65. The summed E-state index contributed by atoms with van der Waals surface area (Å²) in [4.78, 5) is 30.9. The van der Waals surface area contributed by atoms with Crippen LogP contribution >= 0.6 is 11.3 Å². The van der Waals surface area contributed by atoms with Gasteiger partial charge in [0, 0.05) is 29.8 Å². The third-order valence-electron chi connectivity index (χ3n) is 3.31. The number of hydrogen-bond acceptors (Lipinski definition) is 5. The zero-order chi connectivity index (χ0) is 15.9. The lowest BCUT2D eigenvalue weighted by molar-refractivity contribution is -0.119. The Labute approximate surface area is 132 Å². The fourth-order valence-corrected chi connectivity index (χ4v) is 3.11. The van der Waals surface area contributed by atoms with Crippen LogP contribution in [0.4, 0.5) is 0 Å². The predicted molar refractivity (Wildman–Crippen MR) is 84.9 cm³/mol. The Kier molecular flexibility index (Phi) is 5.60. The molecular formula is C15H18N4O2S. The van der Waals surface area contributed by atoms with Crippen LogP contribution in [0.25, 0.3) is 11.3 Å². The minimum atomic E-state index is -0.423. The van der Waals surface area contributed by atoms with Gasteiger partial charge in [0.25, 0.3) is 0 Å². The minimum Gasteiger partial charge on any atom is -0.370 e. The molecular weight excluding hydrogens is 300 g/mol. The van der Waals surface area contributed by atoms with E-state index in [2.05, 4.69) is 9.97 Å². The number of amides is 2. The van der Waals surface area contributed by atoms with Gasteiger partial charge in [-0.25, -0.2) is 4.98 Å². The van der Waals surface area contributed by atoms with Crippen molar-refractivity contribution in [3.63, 3.8) is 0 Å². The zero-order valence-corrected chi connectivity index (χ0v) is 12.9. The van der Waals surface area contributed by atoms with Crippen molar-refractivity contribution in [1.82, 2.24) is 9.97 Å². The molecule has 0 bridgehead atoms. The highest BCUT2D eigenvalue weighted by Crippen LogP contribution is 2.29. The van der Waals surface area contributed by atoms with Gasteiger partial charge in [-0.05, 0) is 25.0 Å². The summed E-state index contributed by atoms with van der Waals surface area (Å²) >= 11 is 1.42. The molecule has 0 saturated heterocycles. The van der Waals surface area contributed by atoms with E-state index in [-0.39, 0.29) is 5.91 Å². The van der Waals surface area contributed by atoms with E-state index in [1.165, 1.54) is 11.3 Å². The number of thiazole rings is 1.